The van der Waals surface area contributed by atoms with Gasteiger partial charge in [0.25, 0.3) is 0 Å². The van der Waals surface area contributed by atoms with E-state index in [4.69, 9.17) is 0 Å². The van der Waals surface area contributed by atoms with E-state index < -0.39 is 10.0 Å². The Labute approximate surface area is 86.5 Å². The van der Waals surface area contributed by atoms with Crippen LogP contribution in [0.2, 0.25) is 0 Å². The van der Waals surface area contributed by atoms with E-state index in [2.05, 4.69) is 0 Å². The smallest absolute Gasteiger partial charge is 0.212 e. The molecule has 82 valence electrons. The standard InChI is InChI=1S/C10H19NO2S/c1-9-5-4-8-11(9)14(12,13)10-6-2-3-7-10/h9-10H,2-8H2,1H3. The summed E-state index contributed by atoms with van der Waals surface area (Å²) in [6.07, 6.45) is 6.01. The van der Waals surface area contributed by atoms with Crippen LogP contribution in [-0.2, 0) is 10.0 Å². The molecule has 1 saturated heterocycles. The molecule has 0 bridgehead atoms. The van der Waals surface area contributed by atoms with Gasteiger partial charge in [-0.1, -0.05) is 12.8 Å². The first kappa shape index (κ1) is 10.4. The van der Waals surface area contributed by atoms with Crippen LogP contribution in [0.15, 0.2) is 0 Å². The van der Waals surface area contributed by atoms with E-state index in [0.717, 1.165) is 45.1 Å². The average molecular weight is 217 g/mol. The quantitative estimate of drug-likeness (QED) is 0.706. The van der Waals surface area contributed by atoms with Crippen molar-refractivity contribution in [2.45, 2.75) is 56.7 Å². The van der Waals surface area contributed by atoms with Gasteiger partial charge in [0.05, 0.1) is 5.25 Å². The van der Waals surface area contributed by atoms with Crippen LogP contribution in [0.5, 0.6) is 0 Å². The second kappa shape index (κ2) is 3.81. The van der Waals surface area contributed by atoms with Crippen LogP contribution >= 0.6 is 0 Å². The average Bonchev–Trinajstić information content (AvgIpc) is 2.72. The Bertz CT molecular complexity index is 293. The first-order valence-electron chi connectivity index (χ1n) is 5.63. The molecule has 1 aliphatic carbocycles. The van der Waals surface area contributed by atoms with E-state index in [1.165, 1.54) is 0 Å². The third-order valence-corrected chi connectivity index (χ3v) is 6.05. The zero-order chi connectivity index (χ0) is 10.2. The van der Waals surface area contributed by atoms with Crippen molar-refractivity contribution in [3.05, 3.63) is 0 Å². The van der Waals surface area contributed by atoms with Crippen molar-refractivity contribution in [3.63, 3.8) is 0 Å². The summed E-state index contributed by atoms with van der Waals surface area (Å²) in [7, 11) is -2.95. The molecule has 1 unspecified atom stereocenters. The van der Waals surface area contributed by atoms with E-state index >= 15 is 0 Å². The zero-order valence-electron chi connectivity index (χ0n) is 8.78. The molecular formula is C10H19NO2S. The summed E-state index contributed by atoms with van der Waals surface area (Å²) < 4.78 is 26.1. The van der Waals surface area contributed by atoms with Gasteiger partial charge in [-0.15, -0.1) is 0 Å². The van der Waals surface area contributed by atoms with E-state index in [9.17, 15) is 8.42 Å². The van der Waals surface area contributed by atoms with Crippen molar-refractivity contribution in [1.82, 2.24) is 4.31 Å². The van der Waals surface area contributed by atoms with Gasteiger partial charge in [-0.25, -0.2) is 8.42 Å². The fourth-order valence-electron chi connectivity index (χ4n) is 2.66. The van der Waals surface area contributed by atoms with Crippen molar-refractivity contribution < 1.29 is 8.42 Å². The molecule has 2 rings (SSSR count). The van der Waals surface area contributed by atoms with Gasteiger partial charge in [-0.05, 0) is 32.6 Å². The van der Waals surface area contributed by atoms with Gasteiger partial charge in [0.2, 0.25) is 10.0 Å². The van der Waals surface area contributed by atoms with E-state index in [-0.39, 0.29) is 11.3 Å². The van der Waals surface area contributed by atoms with Crippen molar-refractivity contribution in [2.24, 2.45) is 0 Å². The fourth-order valence-corrected chi connectivity index (χ4v) is 4.97. The Morgan fingerprint density at radius 2 is 1.71 bits per heavy atom. The van der Waals surface area contributed by atoms with Crippen LogP contribution in [0.3, 0.4) is 0 Å². The van der Waals surface area contributed by atoms with Gasteiger partial charge in [-0.3, -0.25) is 0 Å². The lowest BCUT2D eigenvalue weighted by Gasteiger charge is -2.24. The van der Waals surface area contributed by atoms with Gasteiger partial charge in [0, 0.05) is 12.6 Å². The van der Waals surface area contributed by atoms with E-state index in [1.807, 2.05) is 6.92 Å². The summed E-state index contributed by atoms with van der Waals surface area (Å²) in [6.45, 7) is 2.78. The van der Waals surface area contributed by atoms with Crippen LogP contribution in [-0.4, -0.2) is 30.6 Å². The number of hydrogen-bond acceptors (Lipinski definition) is 2. The molecule has 1 saturated carbocycles. The van der Waals surface area contributed by atoms with Gasteiger partial charge in [0.15, 0.2) is 0 Å². The molecule has 3 nitrogen and oxygen atoms in total. The summed E-state index contributed by atoms with van der Waals surface area (Å²) in [5.74, 6) is 0. The Balaban J connectivity index is 2.14. The molecule has 0 aromatic carbocycles. The minimum absolute atomic E-state index is 0.0666. The molecule has 0 aromatic rings. The minimum Gasteiger partial charge on any atom is -0.212 e. The topological polar surface area (TPSA) is 37.4 Å². The second-order valence-corrected chi connectivity index (χ2v) is 6.72. The van der Waals surface area contributed by atoms with Gasteiger partial charge < -0.3 is 0 Å². The largest absolute Gasteiger partial charge is 0.217 e. The molecule has 0 amide bonds. The normalized spacial score (nSPS) is 31.4. The lowest BCUT2D eigenvalue weighted by atomic mass is 10.3. The molecule has 0 N–H and O–H groups in total. The highest BCUT2D eigenvalue weighted by Crippen LogP contribution is 2.31. The highest BCUT2D eigenvalue weighted by molar-refractivity contribution is 7.89. The number of sulfonamides is 1. The number of rotatable bonds is 2. The first-order chi connectivity index (χ1) is 6.62. The Morgan fingerprint density at radius 1 is 1.07 bits per heavy atom. The first-order valence-corrected chi connectivity index (χ1v) is 7.13. The maximum atomic E-state index is 12.2. The van der Waals surface area contributed by atoms with Gasteiger partial charge >= 0.3 is 0 Å². The Kier molecular flexibility index (Phi) is 2.84. The predicted octanol–water partition coefficient (Wildman–Crippen LogP) is 1.74. The second-order valence-electron chi connectivity index (χ2n) is 4.55. The maximum absolute atomic E-state index is 12.2. The monoisotopic (exact) mass is 217 g/mol. The highest BCUT2D eigenvalue weighted by Gasteiger charge is 2.38. The number of nitrogens with zero attached hydrogens (tertiary/aromatic N) is 1. The summed E-state index contributed by atoms with van der Waals surface area (Å²) >= 11 is 0. The molecule has 4 heteroatoms. The third kappa shape index (κ3) is 1.70. The molecular weight excluding hydrogens is 198 g/mol. The molecule has 1 atom stereocenters. The van der Waals surface area contributed by atoms with Crippen LogP contribution < -0.4 is 0 Å². The molecule has 0 aromatic heterocycles. The Hall–Kier alpha value is -0.0900. The van der Waals surface area contributed by atoms with Crippen LogP contribution in [0, 0.1) is 0 Å². The van der Waals surface area contributed by atoms with Crippen molar-refractivity contribution in [2.75, 3.05) is 6.54 Å². The van der Waals surface area contributed by atoms with Crippen molar-refractivity contribution in [1.29, 1.82) is 0 Å². The number of hydrogen-bond donors (Lipinski definition) is 0. The molecule has 14 heavy (non-hydrogen) atoms. The molecule has 1 aliphatic heterocycles. The molecule has 2 aliphatic rings. The van der Waals surface area contributed by atoms with Crippen molar-refractivity contribution in [3.8, 4) is 0 Å². The molecule has 1 heterocycles. The Morgan fingerprint density at radius 3 is 2.21 bits per heavy atom. The van der Waals surface area contributed by atoms with E-state index in [0.29, 0.717) is 0 Å². The third-order valence-electron chi connectivity index (χ3n) is 3.54. The summed E-state index contributed by atoms with van der Waals surface area (Å²) in [6, 6.07) is 0.237. The zero-order valence-corrected chi connectivity index (χ0v) is 9.59. The van der Waals surface area contributed by atoms with Crippen LogP contribution in [0.25, 0.3) is 0 Å². The maximum Gasteiger partial charge on any atom is 0.217 e. The lowest BCUT2D eigenvalue weighted by molar-refractivity contribution is 0.400. The summed E-state index contributed by atoms with van der Waals surface area (Å²) in [5.41, 5.74) is 0. The molecule has 2 fully saturated rings. The SMILES string of the molecule is CC1CCCN1S(=O)(=O)C1CCCC1. The predicted molar refractivity (Wildman–Crippen MR) is 56.6 cm³/mol. The van der Waals surface area contributed by atoms with Crippen molar-refractivity contribution >= 4 is 10.0 Å². The van der Waals surface area contributed by atoms with Gasteiger partial charge in [-0.2, -0.15) is 4.31 Å². The summed E-state index contributed by atoms with van der Waals surface area (Å²) in [5, 5.41) is -0.0666. The van der Waals surface area contributed by atoms with Crippen LogP contribution in [0.1, 0.15) is 45.4 Å². The minimum atomic E-state index is -2.95. The molecule has 0 spiro atoms. The molecule has 0 radical (unpaired) electrons. The van der Waals surface area contributed by atoms with Gasteiger partial charge in [0.1, 0.15) is 0 Å². The highest BCUT2D eigenvalue weighted by atomic mass is 32.2. The summed E-state index contributed by atoms with van der Waals surface area (Å²) in [4.78, 5) is 0. The fraction of sp³-hybridized carbons (Fsp3) is 1.00. The van der Waals surface area contributed by atoms with E-state index in [1.54, 1.807) is 4.31 Å². The lowest BCUT2D eigenvalue weighted by Crippen LogP contribution is -2.39. The van der Waals surface area contributed by atoms with Crippen LogP contribution in [0.4, 0.5) is 0 Å².